The number of carbonyl (C=O) groups is 1. The van der Waals surface area contributed by atoms with Crippen molar-refractivity contribution in [3.63, 3.8) is 0 Å². The highest BCUT2D eigenvalue weighted by Crippen LogP contribution is 2.17. The average molecular weight is 245 g/mol. The minimum absolute atomic E-state index is 0.0308. The second-order valence-corrected chi connectivity index (χ2v) is 4.01. The van der Waals surface area contributed by atoms with E-state index in [1.54, 1.807) is 6.92 Å². The van der Waals surface area contributed by atoms with E-state index in [2.05, 4.69) is 15.5 Å². The van der Waals surface area contributed by atoms with Crippen LogP contribution in [0.5, 0.6) is 0 Å². The van der Waals surface area contributed by atoms with Gasteiger partial charge in [0, 0.05) is 12.0 Å². The smallest absolute Gasteiger partial charge is 0.257 e. The van der Waals surface area contributed by atoms with Gasteiger partial charge in [0.1, 0.15) is 0 Å². The highest BCUT2D eigenvalue weighted by atomic mass is 16.5. The van der Waals surface area contributed by atoms with Gasteiger partial charge in [-0.15, -0.1) is 0 Å². The Morgan fingerprint density at radius 1 is 1.33 bits per heavy atom. The molecule has 0 aliphatic carbocycles. The van der Waals surface area contributed by atoms with Gasteiger partial charge < -0.3 is 9.84 Å². The van der Waals surface area contributed by atoms with Gasteiger partial charge in [0.25, 0.3) is 5.89 Å². The minimum Gasteiger partial charge on any atom is -0.349 e. The maximum Gasteiger partial charge on any atom is 0.257 e. The predicted octanol–water partition coefficient (Wildman–Crippen LogP) is 2.07. The Hall–Kier alpha value is -2.17. The lowest BCUT2D eigenvalue weighted by Crippen LogP contribution is -2.21. The van der Waals surface area contributed by atoms with Crippen LogP contribution in [0.3, 0.4) is 0 Å². The molecular weight excluding hydrogens is 230 g/mol. The third kappa shape index (κ3) is 2.94. The summed E-state index contributed by atoms with van der Waals surface area (Å²) in [4.78, 5) is 15.3. The molecule has 1 heterocycles. The highest BCUT2D eigenvalue weighted by Gasteiger charge is 2.08. The Morgan fingerprint density at radius 2 is 2.06 bits per heavy atom. The molecule has 5 nitrogen and oxygen atoms in total. The fraction of sp³-hybridized carbons (Fsp3) is 0.308. The number of nitrogens with zero attached hydrogens (tertiary/aromatic N) is 2. The summed E-state index contributed by atoms with van der Waals surface area (Å²) >= 11 is 0. The fourth-order valence-electron chi connectivity index (χ4n) is 1.44. The quantitative estimate of drug-likeness (QED) is 0.895. The maximum absolute atomic E-state index is 11.1. The molecule has 1 amide bonds. The first-order valence-corrected chi connectivity index (χ1v) is 5.85. The Kier molecular flexibility index (Phi) is 3.72. The van der Waals surface area contributed by atoms with Gasteiger partial charge in [0.05, 0.1) is 6.54 Å². The monoisotopic (exact) mass is 245 g/mol. The van der Waals surface area contributed by atoms with E-state index in [1.807, 2.05) is 31.2 Å². The van der Waals surface area contributed by atoms with Crippen LogP contribution in [-0.4, -0.2) is 16.0 Å². The van der Waals surface area contributed by atoms with Crippen molar-refractivity contribution < 1.29 is 9.32 Å². The normalized spacial score (nSPS) is 10.3. The molecule has 0 aliphatic heterocycles. The molecule has 2 aromatic rings. The van der Waals surface area contributed by atoms with Gasteiger partial charge >= 0.3 is 0 Å². The molecule has 94 valence electrons. The van der Waals surface area contributed by atoms with Crippen LogP contribution in [0.15, 0.2) is 28.8 Å². The lowest BCUT2D eigenvalue weighted by Gasteiger charge is -1.97. The first kappa shape index (κ1) is 12.3. The summed E-state index contributed by atoms with van der Waals surface area (Å²) in [5, 5.41) is 6.52. The first-order valence-electron chi connectivity index (χ1n) is 5.85. The number of rotatable bonds is 4. The van der Waals surface area contributed by atoms with Gasteiger partial charge in [-0.3, -0.25) is 4.79 Å². The number of benzene rings is 1. The van der Waals surface area contributed by atoms with Crippen LogP contribution in [0.2, 0.25) is 0 Å². The minimum atomic E-state index is -0.0308. The lowest BCUT2D eigenvalue weighted by molar-refractivity contribution is -0.120. The lowest BCUT2D eigenvalue weighted by atomic mass is 10.1. The number of hydrogen-bond acceptors (Lipinski definition) is 4. The number of aryl methyl sites for hydroxylation is 1. The standard InChI is InChI=1S/C13H15N3O2/c1-3-12(17)14-8-11-15-13(18-16-11)10-6-4-9(2)5-7-10/h4-7H,3,8H2,1-2H3,(H,14,17). The summed E-state index contributed by atoms with van der Waals surface area (Å²) in [6.45, 7) is 4.11. The molecule has 2 rings (SSSR count). The van der Waals surface area contributed by atoms with Crippen LogP contribution in [-0.2, 0) is 11.3 Å². The number of aromatic nitrogens is 2. The fourth-order valence-corrected chi connectivity index (χ4v) is 1.44. The number of amides is 1. The highest BCUT2D eigenvalue weighted by molar-refractivity contribution is 5.75. The van der Waals surface area contributed by atoms with E-state index in [4.69, 9.17) is 4.52 Å². The van der Waals surface area contributed by atoms with Gasteiger partial charge in [-0.05, 0) is 19.1 Å². The maximum atomic E-state index is 11.1. The van der Waals surface area contributed by atoms with Crippen LogP contribution in [0, 0.1) is 6.92 Å². The second kappa shape index (κ2) is 5.44. The Morgan fingerprint density at radius 3 is 2.72 bits per heavy atom. The molecule has 0 radical (unpaired) electrons. The van der Waals surface area contributed by atoms with Crippen molar-refractivity contribution >= 4 is 5.91 Å². The van der Waals surface area contributed by atoms with Crippen LogP contribution >= 0.6 is 0 Å². The summed E-state index contributed by atoms with van der Waals surface area (Å²) < 4.78 is 5.14. The van der Waals surface area contributed by atoms with E-state index in [0.29, 0.717) is 24.7 Å². The zero-order valence-electron chi connectivity index (χ0n) is 10.4. The predicted molar refractivity (Wildman–Crippen MR) is 66.6 cm³/mol. The van der Waals surface area contributed by atoms with Crippen LogP contribution in [0.25, 0.3) is 11.5 Å². The van der Waals surface area contributed by atoms with E-state index < -0.39 is 0 Å². The van der Waals surface area contributed by atoms with Crippen molar-refractivity contribution in [1.29, 1.82) is 0 Å². The zero-order valence-corrected chi connectivity index (χ0v) is 10.4. The summed E-state index contributed by atoms with van der Waals surface area (Å²) in [5.41, 5.74) is 2.05. The van der Waals surface area contributed by atoms with E-state index >= 15 is 0 Å². The van der Waals surface area contributed by atoms with Crippen molar-refractivity contribution in [2.75, 3.05) is 0 Å². The molecular formula is C13H15N3O2. The zero-order chi connectivity index (χ0) is 13.0. The molecule has 5 heteroatoms. The molecule has 0 fully saturated rings. The molecule has 0 atom stereocenters. The molecule has 0 saturated heterocycles. The van der Waals surface area contributed by atoms with Crippen molar-refractivity contribution in [2.24, 2.45) is 0 Å². The third-order valence-corrected chi connectivity index (χ3v) is 2.53. The third-order valence-electron chi connectivity index (χ3n) is 2.53. The Balaban J connectivity index is 2.06. The molecule has 1 aromatic heterocycles. The Bertz CT molecular complexity index is 531. The summed E-state index contributed by atoms with van der Waals surface area (Å²) in [7, 11) is 0. The van der Waals surface area contributed by atoms with E-state index in [0.717, 1.165) is 5.56 Å². The van der Waals surface area contributed by atoms with E-state index in [-0.39, 0.29) is 5.91 Å². The van der Waals surface area contributed by atoms with Gasteiger partial charge in [0.2, 0.25) is 5.91 Å². The topological polar surface area (TPSA) is 68.0 Å². The van der Waals surface area contributed by atoms with Crippen molar-refractivity contribution in [3.8, 4) is 11.5 Å². The molecule has 0 bridgehead atoms. The molecule has 18 heavy (non-hydrogen) atoms. The number of nitrogens with one attached hydrogen (secondary N) is 1. The molecule has 0 saturated carbocycles. The summed E-state index contributed by atoms with van der Waals surface area (Å²) in [6.07, 6.45) is 0.447. The Labute approximate surface area is 105 Å². The van der Waals surface area contributed by atoms with Crippen LogP contribution in [0.4, 0.5) is 0 Å². The van der Waals surface area contributed by atoms with Crippen molar-refractivity contribution in [2.45, 2.75) is 26.8 Å². The van der Waals surface area contributed by atoms with Gasteiger partial charge in [-0.25, -0.2) is 0 Å². The van der Waals surface area contributed by atoms with Crippen LogP contribution in [0.1, 0.15) is 24.7 Å². The summed E-state index contributed by atoms with van der Waals surface area (Å²) in [6, 6.07) is 7.82. The van der Waals surface area contributed by atoms with E-state index in [9.17, 15) is 4.79 Å². The molecule has 1 N–H and O–H groups in total. The van der Waals surface area contributed by atoms with Crippen molar-refractivity contribution in [1.82, 2.24) is 15.5 Å². The van der Waals surface area contributed by atoms with Gasteiger partial charge in [0.15, 0.2) is 5.82 Å². The average Bonchev–Trinajstić information content (AvgIpc) is 2.85. The summed E-state index contributed by atoms with van der Waals surface area (Å²) in [5.74, 6) is 0.916. The molecule has 1 aromatic carbocycles. The van der Waals surface area contributed by atoms with E-state index in [1.165, 1.54) is 5.56 Å². The second-order valence-electron chi connectivity index (χ2n) is 4.01. The first-order chi connectivity index (χ1) is 8.69. The van der Waals surface area contributed by atoms with Gasteiger partial charge in [-0.1, -0.05) is 29.8 Å². The van der Waals surface area contributed by atoms with Crippen molar-refractivity contribution in [3.05, 3.63) is 35.7 Å². The SMILES string of the molecule is CCC(=O)NCc1noc(-c2ccc(C)cc2)n1. The van der Waals surface area contributed by atoms with Crippen LogP contribution < -0.4 is 5.32 Å². The molecule has 0 unspecified atom stereocenters. The van der Waals surface area contributed by atoms with Gasteiger partial charge in [-0.2, -0.15) is 4.98 Å². The molecule has 0 aliphatic rings. The molecule has 0 spiro atoms. The number of carbonyl (C=O) groups excluding carboxylic acids is 1. The largest absolute Gasteiger partial charge is 0.349 e. The number of hydrogen-bond donors (Lipinski definition) is 1.